The van der Waals surface area contributed by atoms with E-state index in [0.29, 0.717) is 40.8 Å². The standard InChI is InChI=1S/C19H16FN7O/c1-9-23-7-10(8-24-9)28-19-26-17-15-14-11(4-3-5-22-17)12(20)6-13(21-2)16(14)25-18(15)27-19/h3-4,6-8,21H,5H2,1-2H3,(H2,22,25,26,27)/b4-3-. The highest BCUT2D eigenvalue weighted by molar-refractivity contribution is 6.17. The van der Waals surface area contributed by atoms with Gasteiger partial charge in [0.2, 0.25) is 0 Å². The Hall–Kier alpha value is -3.75. The van der Waals surface area contributed by atoms with E-state index < -0.39 is 0 Å². The molecule has 3 aromatic heterocycles. The van der Waals surface area contributed by atoms with Gasteiger partial charge in [-0.1, -0.05) is 12.2 Å². The van der Waals surface area contributed by atoms with Crippen molar-refractivity contribution in [2.75, 3.05) is 24.2 Å². The fraction of sp³-hybridized carbons (Fsp3) is 0.158. The molecule has 8 nitrogen and oxygen atoms in total. The molecule has 4 heterocycles. The summed E-state index contributed by atoms with van der Waals surface area (Å²) in [5, 5.41) is 7.71. The third-order valence-corrected chi connectivity index (χ3v) is 4.61. The molecule has 1 aliphatic heterocycles. The molecule has 0 saturated carbocycles. The number of aromatic amines is 1. The molecule has 0 fully saturated rings. The smallest absolute Gasteiger partial charge is 0.326 e. The normalized spacial score (nSPS) is 14.0. The van der Waals surface area contributed by atoms with Gasteiger partial charge >= 0.3 is 6.01 Å². The number of halogens is 1. The number of nitrogens with one attached hydrogen (secondary N) is 3. The molecule has 1 aromatic carbocycles. The first-order chi connectivity index (χ1) is 13.6. The highest BCUT2D eigenvalue weighted by Gasteiger charge is 2.21. The molecule has 0 aliphatic carbocycles. The van der Waals surface area contributed by atoms with Crippen LogP contribution in [0.1, 0.15) is 11.4 Å². The molecule has 4 aromatic rings. The van der Waals surface area contributed by atoms with Gasteiger partial charge < -0.3 is 20.4 Å². The lowest BCUT2D eigenvalue weighted by molar-refractivity contribution is 0.440. The Labute approximate surface area is 158 Å². The molecule has 0 saturated heterocycles. The fourth-order valence-electron chi connectivity index (χ4n) is 3.35. The van der Waals surface area contributed by atoms with Crippen molar-refractivity contribution in [3.63, 3.8) is 0 Å². The van der Waals surface area contributed by atoms with Crippen molar-refractivity contribution in [2.45, 2.75) is 6.92 Å². The van der Waals surface area contributed by atoms with Gasteiger partial charge in [0.25, 0.3) is 0 Å². The van der Waals surface area contributed by atoms with Gasteiger partial charge in [0.05, 0.1) is 29.0 Å². The minimum absolute atomic E-state index is 0.145. The van der Waals surface area contributed by atoms with E-state index in [0.717, 1.165) is 16.3 Å². The Bertz CT molecular complexity index is 1250. The Kier molecular flexibility index (Phi) is 3.61. The number of rotatable bonds is 3. The van der Waals surface area contributed by atoms with E-state index in [2.05, 4.69) is 35.6 Å². The summed E-state index contributed by atoms with van der Waals surface area (Å²) in [6.45, 7) is 2.29. The van der Waals surface area contributed by atoms with Crippen molar-refractivity contribution in [1.82, 2.24) is 24.9 Å². The summed E-state index contributed by atoms with van der Waals surface area (Å²) in [6.07, 6.45) is 6.75. The quantitative estimate of drug-likeness (QED) is 0.501. The Morgan fingerprint density at radius 1 is 1.18 bits per heavy atom. The predicted molar refractivity (Wildman–Crippen MR) is 105 cm³/mol. The molecule has 1 aliphatic rings. The number of aryl methyl sites for hydroxylation is 1. The van der Waals surface area contributed by atoms with Crippen LogP contribution < -0.4 is 15.4 Å². The van der Waals surface area contributed by atoms with Crippen LogP contribution in [0.2, 0.25) is 0 Å². The average Bonchev–Trinajstić information content (AvgIpc) is 3.05. The molecule has 140 valence electrons. The minimum Gasteiger partial charge on any atom is -0.421 e. The largest absolute Gasteiger partial charge is 0.421 e. The summed E-state index contributed by atoms with van der Waals surface area (Å²) in [4.78, 5) is 20.5. The van der Waals surface area contributed by atoms with Crippen LogP contribution in [0.3, 0.4) is 0 Å². The van der Waals surface area contributed by atoms with E-state index in [-0.39, 0.29) is 11.8 Å². The first-order valence-corrected chi connectivity index (χ1v) is 8.74. The van der Waals surface area contributed by atoms with Gasteiger partial charge in [-0.05, 0) is 13.0 Å². The van der Waals surface area contributed by atoms with Crippen LogP contribution in [-0.2, 0) is 0 Å². The number of hydrogen-bond donors (Lipinski definition) is 3. The van der Waals surface area contributed by atoms with E-state index in [4.69, 9.17) is 4.74 Å². The van der Waals surface area contributed by atoms with Gasteiger partial charge in [-0.15, -0.1) is 0 Å². The van der Waals surface area contributed by atoms with E-state index >= 15 is 0 Å². The maximum absolute atomic E-state index is 14.7. The summed E-state index contributed by atoms with van der Waals surface area (Å²) in [7, 11) is 1.75. The monoisotopic (exact) mass is 377 g/mol. The molecular weight excluding hydrogens is 361 g/mol. The second-order valence-corrected chi connectivity index (χ2v) is 6.37. The fourth-order valence-corrected chi connectivity index (χ4v) is 3.35. The summed E-state index contributed by atoms with van der Waals surface area (Å²) in [5.41, 5.74) is 2.46. The van der Waals surface area contributed by atoms with Gasteiger partial charge in [0.1, 0.15) is 23.1 Å². The first-order valence-electron chi connectivity index (χ1n) is 8.74. The van der Waals surface area contributed by atoms with Crippen molar-refractivity contribution < 1.29 is 9.13 Å². The number of anilines is 2. The average molecular weight is 377 g/mol. The lowest BCUT2D eigenvalue weighted by Gasteiger charge is -2.12. The van der Waals surface area contributed by atoms with Gasteiger partial charge in [-0.3, -0.25) is 0 Å². The number of benzene rings is 1. The molecule has 9 heteroatoms. The molecule has 0 unspecified atom stereocenters. The summed E-state index contributed by atoms with van der Waals surface area (Å²) in [6, 6.07) is 1.62. The Morgan fingerprint density at radius 3 is 2.79 bits per heavy atom. The third kappa shape index (κ3) is 2.51. The molecule has 0 atom stereocenters. The highest BCUT2D eigenvalue weighted by Crippen LogP contribution is 2.39. The predicted octanol–water partition coefficient (Wildman–Crippen LogP) is 3.62. The van der Waals surface area contributed by atoms with E-state index in [1.54, 1.807) is 32.4 Å². The molecule has 0 amide bonds. The number of ether oxygens (including phenoxy) is 1. The van der Waals surface area contributed by atoms with Gasteiger partial charge in [-0.25, -0.2) is 14.4 Å². The SMILES string of the molecule is CNc1cc(F)c2c3c1[nH]c1nc(Oc4cnc(C)nc4)nc(c13)NC/C=C\2. The number of H-pyrrole nitrogens is 1. The first kappa shape index (κ1) is 16.4. The molecule has 0 radical (unpaired) electrons. The Balaban J connectivity index is 1.76. The second-order valence-electron chi connectivity index (χ2n) is 6.37. The highest BCUT2D eigenvalue weighted by atomic mass is 19.1. The molecule has 28 heavy (non-hydrogen) atoms. The topological polar surface area (TPSA) is 101 Å². The lowest BCUT2D eigenvalue weighted by atomic mass is 10.0. The van der Waals surface area contributed by atoms with E-state index in [1.807, 2.05) is 6.08 Å². The summed E-state index contributed by atoms with van der Waals surface area (Å²) in [5.74, 6) is 1.34. The van der Waals surface area contributed by atoms with Crippen LogP contribution in [0.25, 0.3) is 28.0 Å². The maximum atomic E-state index is 14.7. The van der Waals surface area contributed by atoms with Crippen LogP contribution in [0.5, 0.6) is 11.8 Å². The van der Waals surface area contributed by atoms with E-state index in [1.165, 1.54) is 6.07 Å². The molecular formula is C19H16FN7O. The summed E-state index contributed by atoms with van der Waals surface area (Å²) < 4.78 is 20.4. The minimum atomic E-state index is -0.306. The molecule has 3 N–H and O–H groups in total. The van der Waals surface area contributed by atoms with E-state index in [9.17, 15) is 4.39 Å². The van der Waals surface area contributed by atoms with Gasteiger partial charge in [-0.2, -0.15) is 9.97 Å². The molecule has 0 bridgehead atoms. The van der Waals surface area contributed by atoms with Crippen molar-refractivity contribution in [3.05, 3.63) is 41.7 Å². The van der Waals surface area contributed by atoms with Crippen molar-refractivity contribution in [3.8, 4) is 11.8 Å². The lowest BCUT2D eigenvalue weighted by Crippen LogP contribution is -2.05. The van der Waals surface area contributed by atoms with Crippen molar-refractivity contribution in [1.29, 1.82) is 0 Å². The number of hydrogen-bond acceptors (Lipinski definition) is 7. The van der Waals surface area contributed by atoms with Gasteiger partial charge in [0.15, 0.2) is 5.75 Å². The van der Waals surface area contributed by atoms with Gasteiger partial charge in [0, 0.05) is 24.5 Å². The Morgan fingerprint density at radius 2 is 2.00 bits per heavy atom. The van der Waals surface area contributed by atoms with Crippen LogP contribution in [0, 0.1) is 12.7 Å². The second kappa shape index (κ2) is 6.15. The molecule has 0 spiro atoms. The maximum Gasteiger partial charge on any atom is 0.326 e. The zero-order valence-corrected chi connectivity index (χ0v) is 15.2. The van der Waals surface area contributed by atoms with Crippen LogP contribution >= 0.6 is 0 Å². The molecule has 5 rings (SSSR count). The third-order valence-electron chi connectivity index (χ3n) is 4.61. The van der Waals surface area contributed by atoms with Crippen molar-refractivity contribution in [2.24, 2.45) is 0 Å². The number of aromatic nitrogens is 5. The van der Waals surface area contributed by atoms with Crippen LogP contribution in [-0.4, -0.2) is 38.5 Å². The summed E-state index contributed by atoms with van der Waals surface area (Å²) >= 11 is 0. The van der Waals surface area contributed by atoms with Crippen molar-refractivity contribution >= 4 is 39.5 Å². The zero-order chi connectivity index (χ0) is 19.3. The van der Waals surface area contributed by atoms with Crippen LogP contribution in [0.4, 0.5) is 15.9 Å². The number of nitrogens with zero attached hydrogens (tertiary/aromatic N) is 4. The van der Waals surface area contributed by atoms with Crippen LogP contribution in [0.15, 0.2) is 24.5 Å². The zero-order valence-electron chi connectivity index (χ0n) is 15.2.